The van der Waals surface area contributed by atoms with Gasteiger partial charge in [0.05, 0.1) is 28.9 Å². The standard InChI is InChI=1S/C32H33F5N2O3/c1-20(2)19-39(24-13-15-31(33,34)16-14-24)28-12-9-22(25-5-3-4-6-26(25)30(41)42)18-27(28)38-29(40)17-21-7-10-23(11-8-21)32(35,36)37/h3-12,18,20,24H,13-17,19H2,1-2H3,(H,38,40)(H,41,42). The molecule has 1 aliphatic rings. The summed E-state index contributed by atoms with van der Waals surface area (Å²) in [5.74, 6) is -4.16. The van der Waals surface area contributed by atoms with Gasteiger partial charge in [-0.3, -0.25) is 4.79 Å². The molecule has 3 aromatic carbocycles. The number of aromatic carboxylic acids is 1. The number of hydrogen-bond acceptors (Lipinski definition) is 3. The molecule has 0 radical (unpaired) electrons. The average Bonchev–Trinajstić information content (AvgIpc) is 2.91. The van der Waals surface area contributed by atoms with Crippen molar-refractivity contribution in [2.24, 2.45) is 5.92 Å². The van der Waals surface area contributed by atoms with Gasteiger partial charge in [-0.2, -0.15) is 13.2 Å². The van der Waals surface area contributed by atoms with E-state index in [0.717, 1.165) is 12.1 Å². The maximum absolute atomic E-state index is 14.0. The van der Waals surface area contributed by atoms with Crippen LogP contribution in [0.25, 0.3) is 11.1 Å². The van der Waals surface area contributed by atoms with Gasteiger partial charge in [0, 0.05) is 25.4 Å². The van der Waals surface area contributed by atoms with Crippen molar-refractivity contribution in [1.29, 1.82) is 0 Å². The molecule has 1 aliphatic carbocycles. The number of carboxylic acids is 1. The van der Waals surface area contributed by atoms with Crippen LogP contribution in [0, 0.1) is 5.92 Å². The van der Waals surface area contributed by atoms with Gasteiger partial charge in [-0.15, -0.1) is 0 Å². The lowest BCUT2D eigenvalue weighted by Gasteiger charge is -2.40. The second-order valence-corrected chi connectivity index (χ2v) is 11.1. The Morgan fingerprint density at radius 1 is 1.00 bits per heavy atom. The highest BCUT2D eigenvalue weighted by atomic mass is 19.4. The van der Waals surface area contributed by atoms with E-state index in [1.165, 1.54) is 18.2 Å². The normalized spacial score (nSPS) is 15.4. The molecule has 0 heterocycles. The van der Waals surface area contributed by atoms with E-state index in [9.17, 15) is 36.6 Å². The summed E-state index contributed by atoms with van der Waals surface area (Å²) in [4.78, 5) is 27.1. The Morgan fingerprint density at radius 3 is 2.24 bits per heavy atom. The number of carbonyl (C=O) groups is 2. The van der Waals surface area contributed by atoms with Crippen molar-refractivity contribution in [2.45, 2.75) is 64.1 Å². The van der Waals surface area contributed by atoms with E-state index >= 15 is 0 Å². The molecule has 1 fully saturated rings. The summed E-state index contributed by atoms with van der Waals surface area (Å²) in [5.41, 5.74) is 1.56. The van der Waals surface area contributed by atoms with E-state index in [1.54, 1.807) is 36.4 Å². The predicted octanol–water partition coefficient (Wildman–Crippen LogP) is 8.29. The third-order valence-corrected chi connectivity index (χ3v) is 7.38. The number of carbonyl (C=O) groups excluding carboxylic acids is 1. The van der Waals surface area contributed by atoms with E-state index in [0.29, 0.717) is 34.6 Å². The summed E-state index contributed by atoms with van der Waals surface area (Å²) in [6, 6.07) is 15.7. The lowest BCUT2D eigenvalue weighted by Crippen LogP contribution is -2.43. The summed E-state index contributed by atoms with van der Waals surface area (Å²) >= 11 is 0. The number of amides is 1. The molecule has 4 rings (SSSR count). The van der Waals surface area contributed by atoms with Crippen LogP contribution in [0.5, 0.6) is 0 Å². The Labute approximate surface area is 241 Å². The summed E-state index contributed by atoms with van der Waals surface area (Å²) in [6.07, 6.45) is -4.65. The zero-order chi connectivity index (χ0) is 30.7. The van der Waals surface area contributed by atoms with E-state index in [2.05, 4.69) is 5.32 Å². The van der Waals surface area contributed by atoms with Crippen molar-refractivity contribution in [3.8, 4) is 11.1 Å². The zero-order valence-corrected chi connectivity index (χ0v) is 23.3. The minimum absolute atomic E-state index is 0.0702. The molecule has 3 aromatic rings. The first-order valence-corrected chi connectivity index (χ1v) is 13.8. The highest BCUT2D eigenvalue weighted by molar-refractivity contribution is 5.99. The highest BCUT2D eigenvalue weighted by Crippen LogP contribution is 2.40. The predicted molar refractivity (Wildman–Crippen MR) is 152 cm³/mol. The van der Waals surface area contributed by atoms with Crippen molar-refractivity contribution >= 4 is 23.3 Å². The van der Waals surface area contributed by atoms with Gasteiger partial charge in [0.2, 0.25) is 11.8 Å². The fourth-order valence-corrected chi connectivity index (χ4v) is 5.34. The minimum atomic E-state index is -4.49. The quantitative estimate of drug-likeness (QED) is 0.247. The fraction of sp³-hybridized carbons (Fsp3) is 0.375. The van der Waals surface area contributed by atoms with Crippen LogP contribution in [0.3, 0.4) is 0 Å². The number of anilines is 2. The Bertz CT molecular complexity index is 1410. The smallest absolute Gasteiger partial charge is 0.416 e. The zero-order valence-electron chi connectivity index (χ0n) is 23.3. The van der Waals surface area contributed by atoms with E-state index in [-0.39, 0.29) is 49.6 Å². The van der Waals surface area contributed by atoms with Crippen LogP contribution in [0.1, 0.15) is 61.0 Å². The van der Waals surface area contributed by atoms with Gasteiger partial charge >= 0.3 is 12.1 Å². The number of rotatable bonds is 9. The lowest BCUT2D eigenvalue weighted by atomic mass is 9.90. The molecular weight excluding hydrogens is 555 g/mol. The van der Waals surface area contributed by atoms with Crippen molar-refractivity contribution in [3.05, 3.63) is 83.4 Å². The van der Waals surface area contributed by atoms with Gasteiger partial charge in [0.15, 0.2) is 0 Å². The molecule has 1 amide bonds. The van der Waals surface area contributed by atoms with Gasteiger partial charge in [-0.25, -0.2) is 13.6 Å². The number of carboxylic acid groups (broad SMARTS) is 1. The molecule has 10 heteroatoms. The van der Waals surface area contributed by atoms with Gasteiger partial charge in [0.25, 0.3) is 0 Å². The number of nitrogens with zero attached hydrogens (tertiary/aromatic N) is 1. The third-order valence-electron chi connectivity index (χ3n) is 7.38. The van der Waals surface area contributed by atoms with Crippen LogP contribution in [0.2, 0.25) is 0 Å². The molecule has 0 bridgehead atoms. The molecule has 5 nitrogen and oxygen atoms in total. The lowest BCUT2D eigenvalue weighted by molar-refractivity contribution is -0.137. The van der Waals surface area contributed by atoms with Gasteiger partial charge in [0.1, 0.15) is 0 Å². The topological polar surface area (TPSA) is 69.6 Å². The molecule has 0 spiro atoms. The monoisotopic (exact) mass is 588 g/mol. The third kappa shape index (κ3) is 7.66. The molecule has 2 N–H and O–H groups in total. The number of alkyl halides is 5. The van der Waals surface area contributed by atoms with Gasteiger partial charge in [-0.1, -0.05) is 50.2 Å². The number of hydrogen-bond donors (Lipinski definition) is 2. The number of nitrogens with one attached hydrogen (secondary N) is 1. The SMILES string of the molecule is CC(C)CN(c1ccc(-c2ccccc2C(=O)O)cc1NC(=O)Cc1ccc(C(F)(F)F)cc1)C1CCC(F)(F)CC1. The minimum Gasteiger partial charge on any atom is -0.478 e. The van der Waals surface area contributed by atoms with Crippen LogP contribution in [0.4, 0.5) is 33.3 Å². The van der Waals surface area contributed by atoms with Crippen LogP contribution in [-0.2, 0) is 17.4 Å². The summed E-state index contributed by atoms with van der Waals surface area (Å²) in [5, 5.41) is 12.6. The maximum Gasteiger partial charge on any atom is 0.416 e. The largest absolute Gasteiger partial charge is 0.478 e. The first-order chi connectivity index (χ1) is 19.7. The van der Waals surface area contributed by atoms with Crippen LogP contribution >= 0.6 is 0 Å². The van der Waals surface area contributed by atoms with Gasteiger partial charge < -0.3 is 15.3 Å². The van der Waals surface area contributed by atoms with Crippen LogP contribution in [0.15, 0.2) is 66.7 Å². The molecule has 0 unspecified atom stereocenters. The Morgan fingerprint density at radius 2 is 1.64 bits per heavy atom. The summed E-state index contributed by atoms with van der Waals surface area (Å²) < 4.78 is 66.9. The van der Waals surface area contributed by atoms with Crippen molar-refractivity contribution < 1.29 is 36.6 Å². The number of halogens is 5. The van der Waals surface area contributed by atoms with E-state index in [1.807, 2.05) is 18.7 Å². The molecule has 1 saturated carbocycles. The molecule has 0 aromatic heterocycles. The van der Waals surface area contributed by atoms with Crippen molar-refractivity contribution in [1.82, 2.24) is 0 Å². The Balaban J connectivity index is 1.71. The molecule has 42 heavy (non-hydrogen) atoms. The number of benzene rings is 3. The first-order valence-electron chi connectivity index (χ1n) is 13.8. The maximum atomic E-state index is 14.0. The Hall–Kier alpha value is -3.95. The second-order valence-electron chi connectivity index (χ2n) is 11.1. The molecule has 0 aliphatic heterocycles. The average molecular weight is 589 g/mol. The summed E-state index contributed by atoms with van der Waals surface area (Å²) in [7, 11) is 0. The second kappa shape index (κ2) is 12.5. The van der Waals surface area contributed by atoms with E-state index in [4.69, 9.17) is 0 Å². The first kappa shape index (κ1) is 31.0. The molecular formula is C32H33F5N2O3. The van der Waals surface area contributed by atoms with Crippen molar-refractivity contribution in [3.63, 3.8) is 0 Å². The van der Waals surface area contributed by atoms with Gasteiger partial charge in [-0.05, 0) is 65.8 Å². The summed E-state index contributed by atoms with van der Waals surface area (Å²) in [6.45, 7) is 4.54. The Kier molecular flexibility index (Phi) is 9.23. The molecule has 0 saturated heterocycles. The highest BCUT2D eigenvalue weighted by Gasteiger charge is 2.37. The molecule has 0 atom stereocenters. The van der Waals surface area contributed by atoms with E-state index < -0.39 is 29.5 Å². The fourth-order valence-electron chi connectivity index (χ4n) is 5.34. The van der Waals surface area contributed by atoms with Crippen LogP contribution in [-0.4, -0.2) is 35.5 Å². The van der Waals surface area contributed by atoms with Crippen LogP contribution < -0.4 is 10.2 Å². The van der Waals surface area contributed by atoms with Crippen molar-refractivity contribution in [2.75, 3.05) is 16.8 Å². The molecule has 224 valence electrons.